The monoisotopic (exact) mass is 260 g/mol. The highest BCUT2D eigenvalue weighted by atomic mass is 16.4. The van der Waals surface area contributed by atoms with Crippen molar-refractivity contribution >= 4 is 11.7 Å². The van der Waals surface area contributed by atoms with Crippen LogP contribution in [0.5, 0.6) is 0 Å². The minimum Gasteiger partial charge on any atom is -0.480 e. The number of nitrogens with zero attached hydrogens (tertiary/aromatic N) is 3. The Morgan fingerprint density at radius 3 is 3.00 bits per heavy atom. The topological polar surface area (TPSA) is 89.3 Å². The molecule has 0 spiro atoms. The summed E-state index contributed by atoms with van der Waals surface area (Å²) in [6.07, 6.45) is 0. The van der Waals surface area contributed by atoms with E-state index in [1.54, 1.807) is 17.9 Å². The number of carbonyl (C=O) groups is 1. The number of aromatic nitrogens is 1. The normalized spacial score (nSPS) is 19.0. The molecule has 2 heterocycles. The molecule has 1 aromatic heterocycles. The van der Waals surface area contributed by atoms with Crippen LogP contribution in [0.2, 0.25) is 0 Å². The molecule has 19 heavy (non-hydrogen) atoms. The van der Waals surface area contributed by atoms with Gasteiger partial charge < -0.3 is 15.3 Å². The molecule has 100 valence electrons. The second kappa shape index (κ2) is 5.24. The molecule has 0 aromatic carbocycles. The van der Waals surface area contributed by atoms with Gasteiger partial charge in [0.2, 0.25) is 0 Å². The smallest absolute Gasteiger partial charge is 0.327 e. The molecule has 0 radical (unpaired) electrons. The number of nitriles is 1. The zero-order chi connectivity index (χ0) is 14.0. The molecule has 1 fully saturated rings. The molecule has 1 aliphatic heterocycles. The average Bonchev–Trinajstić information content (AvgIpc) is 2.37. The van der Waals surface area contributed by atoms with Crippen LogP contribution in [0.3, 0.4) is 0 Å². The maximum Gasteiger partial charge on any atom is 0.327 e. The van der Waals surface area contributed by atoms with Gasteiger partial charge >= 0.3 is 5.97 Å². The number of aliphatic carboxylic acids is 1. The molecule has 1 aliphatic rings. The number of rotatable bonds is 2. The summed E-state index contributed by atoms with van der Waals surface area (Å²) in [5, 5.41) is 21.6. The SMILES string of the molecule is Cc1cc(N2CCNCC2C(=O)O)c(C#N)c(C)n1. The molecular formula is C13H16N4O2. The number of carboxylic acids is 1. The first-order valence-electron chi connectivity index (χ1n) is 6.13. The molecule has 6 heteroatoms. The van der Waals surface area contributed by atoms with Crippen molar-refractivity contribution in [2.24, 2.45) is 0 Å². The maximum atomic E-state index is 11.3. The van der Waals surface area contributed by atoms with Crippen LogP contribution in [-0.4, -0.2) is 41.7 Å². The molecule has 2 N–H and O–H groups in total. The van der Waals surface area contributed by atoms with Crippen molar-refractivity contribution in [2.75, 3.05) is 24.5 Å². The first-order chi connectivity index (χ1) is 9.04. The van der Waals surface area contributed by atoms with Gasteiger partial charge in [0.1, 0.15) is 12.1 Å². The van der Waals surface area contributed by atoms with E-state index in [9.17, 15) is 15.2 Å². The van der Waals surface area contributed by atoms with E-state index in [1.807, 2.05) is 6.92 Å². The number of hydrogen-bond donors (Lipinski definition) is 2. The fourth-order valence-electron chi connectivity index (χ4n) is 2.39. The van der Waals surface area contributed by atoms with Crippen molar-refractivity contribution in [1.29, 1.82) is 5.26 Å². The van der Waals surface area contributed by atoms with Gasteiger partial charge in [-0.15, -0.1) is 0 Å². The quantitative estimate of drug-likeness (QED) is 0.801. The summed E-state index contributed by atoms with van der Waals surface area (Å²) in [4.78, 5) is 17.4. The molecule has 0 amide bonds. The fraction of sp³-hybridized carbons (Fsp3) is 0.462. The van der Waals surface area contributed by atoms with Crippen LogP contribution in [0.4, 0.5) is 5.69 Å². The van der Waals surface area contributed by atoms with Gasteiger partial charge in [-0.1, -0.05) is 0 Å². The van der Waals surface area contributed by atoms with Crippen molar-refractivity contribution in [1.82, 2.24) is 10.3 Å². The van der Waals surface area contributed by atoms with E-state index >= 15 is 0 Å². The highest BCUT2D eigenvalue weighted by Gasteiger charge is 2.30. The van der Waals surface area contributed by atoms with Crippen LogP contribution in [0.25, 0.3) is 0 Å². The second-order valence-corrected chi connectivity index (χ2v) is 4.61. The molecule has 1 saturated heterocycles. The predicted molar refractivity (Wildman–Crippen MR) is 70.1 cm³/mol. The van der Waals surface area contributed by atoms with Crippen LogP contribution in [0.1, 0.15) is 17.0 Å². The van der Waals surface area contributed by atoms with Crippen LogP contribution in [0, 0.1) is 25.2 Å². The third-order valence-electron chi connectivity index (χ3n) is 3.26. The summed E-state index contributed by atoms with van der Waals surface area (Å²) in [7, 11) is 0. The van der Waals surface area contributed by atoms with E-state index in [1.165, 1.54) is 0 Å². The molecule has 0 saturated carbocycles. The first kappa shape index (κ1) is 13.3. The Labute approximate surface area is 111 Å². The second-order valence-electron chi connectivity index (χ2n) is 4.61. The van der Waals surface area contributed by atoms with Gasteiger partial charge in [-0.3, -0.25) is 4.98 Å². The largest absolute Gasteiger partial charge is 0.480 e. The summed E-state index contributed by atoms with van der Waals surface area (Å²) in [6, 6.07) is 3.26. The molecule has 6 nitrogen and oxygen atoms in total. The fourth-order valence-corrected chi connectivity index (χ4v) is 2.39. The van der Waals surface area contributed by atoms with Crippen molar-refractivity contribution in [3.8, 4) is 6.07 Å². The highest BCUT2D eigenvalue weighted by Crippen LogP contribution is 2.25. The van der Waals surface area contributed by atoms with Gasteiger partial charge in [0.25, 0.3) is 0 Å². The van der Waals surface area contributed by atoms with Crippen LogP contribution < -0.4 is 10.2 Å². The highest BCUT2D eigenvalue weighted by molar-refractivity contribution is 5.80. The Morgan fingerprint density at radius 1 is 1.63 bits per heavy atom. The summed E-state index contributed by atoms with van der Waals surface area (Å²) in [5.74, 6) is -0.886. The lowest BCUT2D eigenvalue weighted by Crippen LogP contribution is -2.55. The number of pyridine rings is 1. The van der Waals surface area contributed by atoms with Crippen LogP contribution in [0.15, 0.2) is 6.07 Å². The van der Waals surface area contributed by atoms with E-state index in [2.05, 4.69) is 16.4 Å². The van der Waals surface area contributed by atoms with Crippen molar-refractivity contribution in [3.63, 3.8) is 0 Å². The van der Waals surface area contributed by atoms with Gasteiger partial charge in [0.15, 0.2) is 0 Å². The van der Waals surface area contributed by atoms with E-state index in [0.29, 0.717) is 36.6 Å². The zero-order valence-electron chi connectivity index (χ0n) is 11.0. The molecule has 0 bridgehead atoms. The minimum absolute atomic E-state index is 0.376. The number of hydrogen-bond acceptors (Lipinski definition) is 5. The van der Waals surface area contributed by atoms with Crippen LogP contribution in [-0.2, 0) is 4.79 Å². The molecule has 1 atom stereocenters. The molecule has 2 rings (SSSR count). The summed E-state index contributed by atoms with van der Waals surface area (Å²) in [6.45, 7) is 5.26. The maximum absolute atomic E-state index is 11.3. The molecular weight excluding hydrogens is 244 g/mol. The summed E-state index contributed by atoms with van der Waals surface area (Å²) < 4.78 is 0. The first-order valence-corrected chi connectivity index (χ1v) is 6.13. The van der Waals surface area contributed by atoms with Gasteiger partial charge in [-0.25, -0.2) is 4.79 Å². The lowest BCUT2D eigenvalue weighted by molar-refractivity contribution is -0.138. The molecule has 1 aromatic rings. The number of aryl methyl sites for hydroxylation is 2. The predicted octanol–water partition coefficient (Wildman–Crippen LogP) is 0.433. The van der Waals surface area contributed by atoms with Gasteiger partial charge in [-0.2, -0.15) is 5.26 Å². The Hall–Kier alpha value is -2.13. The number of carboxylic acid groups (broad SMARTS) is 1. The van der Waals surface area contributed by atoms with E-state index in [0.717, 1.165) is 5.69 Å². The average molecular weight is 260 g/mol. The third-order valence-corrected chi connectivity index (χ3v) is 3.26. The Kier molecular flexibility index (Phi) is 3.67. The van der Waals surface area contributed by atoms with Crippen molar-refractivity contribution in [3.05, 3.63) is 23.0 Å². The van der Waals surface area contributed by atoms with E-state index in [-0.39, 0.29) is 0 Å². The lowest BCUT2D eigenvalue weighted by Gasteiger charge is -2.36. The van der Waals surface area contributed by atoms with Gasteiger partial charge in [-0.05, 0) is 19.9 Å². The van der Waals surface area contributed by atoms with Crippen molar-refractivity contribution < 1.29 is 9.90 Å². The van der Waals surface area contributed by atoms with E-state index < -0.39 is 12.0 Å². The van der Waals surface area contributed by atoms with E-state index in [4.69, 9.17) is 0 Å². The summed E-state index contributed by atoms with van der Waals surface area (Å²) in [5.41, 5.74) is 2.55. The zero-order valence-corrected chi connectivity index (χ0v) is 11.0. The Bertz CT molecular complexity index is 550. The summed E-state index contributed by atoms with van der Waals surface area (Å²) >= 11 is 0. The number of piperazine rings is 1. The number of anilines is 1. The minimum atomic E-state index is -0.886. The number of nitrogens with one attached hydrogen (secondary N) is 1. The lowest BCUT2D eigenvalue weighted by atomic mass is 10.1. The van der Waals surface area contributed by atoms with Gasteiger partial charge in [0, 0.05) is 25.3 Å². The standard InChI is InChI=1S/C13H16N4O2/c1-8-5-11(10(6-14)9(2)16-8)17-4-3-15-7-12(17)13(18)19/h5,12,15H,3-4,7H2,1-2H3,(H,18,19). The Balaban J connectivity index is 2.50. The molecule has 0 aliphatic carbocycles. The van der Waals surface area contributed by atoms with Gasteiger partial charge in [0.05, 0.1) is 16.9 Å². The van der Waals surface area contributed by atoms with Crippen molar-refractivity contribution in [2.45, 2.75) is 19.9 Å². The Morgan fingerprint density at radius 2 is 2.37 bits per heavy atom. The van der Waals surface area contributed by atoms with Crippen LogP contribution >= 0.6 is 0 Å². The molecule has 1 unspecified atom stereocenters. The third kappa shape index (κ3) is 2.51.